The predicted molar refractivity (Wildman–Crippen MR) is 89.3 cm³/mol. The molecule has 0 bridgehead atoms. The lowest BCUT2D eigenvalue weighted by molar-refractivity contribution is -0.113. The minimum Gasteiger partial charge on any atom is -0.396 e. The van der Waals surface area contributed by atoms with Crippen molar-refractivity contribution < 1.29 is 9.18 Å². The van der Waals surface area contributed by atoms with Crippen LogP contribution >= 0.6 is 34.4 Å². The van der Waals surface area contributed by atoms with E-state index >= 15 is 0 Å². The number of amides is 1. The highest BCUT2D eigenvalue weighted by Gasteiger charge is 2.07. The molecule has 0 aliphatic heterocycles. The highest BCUT2D eigenvalue weighted by molar-refractivity contribution is 14.1. The number of carbonyl (C=O) groups is 1. The lowest BCUT2D eigenvalue weighted by Gasteiger charge is -2.07. The van der Waals surface area contributed by atoms with Crippen molar-refractivity contribution in [2.45, 2.75) is 4.90 Å². The molecule has 1 amide bonds. The molecule has 0 spiro atoms. The van der Waals surface area contributed by atoms with Gasteiger partial charge in [-0.2, -0.15) is 0 Å². The van der Waals surface area contributed by atoms with Gasteiger partial charge in [0, 0.05) is 8.47 Å². The first kappa shape index (κ1) is 15.1. The van der Waals surface area contributed by atoms with Gasteiger partial charge in [-0.3, -0.25) is 4.79 Å². The Morgan fingerprint density at radius 2 is 2.05 bits per heavy atom. The molecule has 3 nitrogen and oxygen atoms in total. The Balaban J connectivity index is 1.92. The Morgan fingerprint density at radius 1 is 1.30 bits per heavy atom. The molecule has 20 heavy (non-hydrogen) atoms. The lowest BCUT2D eigenvalue weighted by Crippen LogP contribution is -2.14. The molecule has 0 unspecified atom stereocenters. The normalized spacial score (nSPS) is 10.3. The Labute approximate surface area is 134 Å². The summed E-state index contributed by atoms with van der Waals surface area (Å²) >= 11 is 3.42. The summed E-state index contributed by atoms with van der Waals surface area (Å²) < 4.78 is 14.2. The minimum absolute atomic E-state index is 0.109. The van der Waals surface area contributed by atoms with Crippen LogP contribution in [0.4, 0.5) is 15.8 Å². The first-order valence-corrected chi connectivity index (χ1v) is 7.85. The first-order chi connectivity index (χ1) is 9.56. The Kier molecular flexibility index (Phi) is 5.24. The standard InChI is InChI=1S/C14H12FIN2OS/c15-10-7-9(5-6-12(10)17)20-8-14(19)18-13-4-2-1-3-11(13)16/h1-7H,8,17H2,(H,18,19). The molecule has 0 atom stereocenters. The van der Waals surface area contributed by atoms with E-state index in [0.717, 1.165) is 9.26 Å². The zero-order chi connectivity index (χ0) is 14.5. The van der Waals surface area contributed by atoms with E-state index in [-0.39, 0.29) is 17.3 Å². The van der Waals surface area contributed by atoms with Crippen LogP contribution in [0.1, 0.15) is 0 Å². The van der Waals surface area contributed by atoms with Crippen molar-refractivity contribution in [2.24, 2.45) is 0 Å². The van der Waals surface area contributed by atoms with Crippen molar-refractivity contribution in [2.75, 3.05) is 16.8 Å². The third kappa shape index (κ3) is 4.11. The quantitative estimate of drug-likeness (QED) is 0.466. The van der Waals surface area contributed by atoms with Gasteiger partial charge in [0.2, 0.25) is 5.91 Å². The molecule has 2 aromatic rings. The molecule has 0 heterocycles. The topological polar surface area (TPSA) is 55.1 Å². The zero-order valence-electron chi connectivity index (χ0n) is 10.4. The van der Waals surface area contributed by atoms with E-state index in [1.165, 1.54) is 23.9 Å². The number of nitrogens with one attached hydrogen (secondary N) is 1. The van der Waals surface area contributed by atoms with Gasteiger partial charge in [0.25, 0.3) is 0 Å². The number of thioether (sulfide) groups is 1. The fourth-order valence-electron chi connectivity index (χ4n) is 1.50. The summed E-state index contributed by atoms with van der Waals surface area (Å²) in [6, 6.07) is 12.0. The highest BCUT2D eigenvalue weighted by atomic mass is 127. The van der Waals surface area contributed by atoms with Crippen LogP contribution in [0.25, 0.3) is 0 Å². The molecule has 0 saturated carbocycles. The first-order valence-electron chi connectivity index (χ1n) is 5.78. The number of halogens is 2. The Morgan fingerprint density at radius 3 is 2.75 bits per heavy atom. The number of para-hydroxylation sites is 1. The smallest absolute Gasteiger partial charge is 0.234 e. The molecule has 0 aromatic heterocycles. The maximum absolute atomic E-state index is 13.3. The number of nitrogen functional groups attached to an aromatic ring is 1. The van der Waals surface area contributed by atoms with Crippen LogP contribution in [0.2, 0.25) is 0 Å². The van der Waals surface area contributed by atoms with Gasteiger partial charge in [0.15, 0.2) is 0 Å². The van der Waals surface area contributed by atoms with Gasteiger partial charge >= 0.3 is 0 Å². The maximum Gasteiger partial charge on any atom is 0.234 e. The molecule has 0 saturated heterocycles. The van der Waals surface area contributed by atoms with E-state index in [1.54, 1.807) is 6.07 Å². The van der Waals surface area contributed by atoms with Crippen molar-refractivity contribution in [3.05, 3.63) is 51.9 Å². The molecule has 2 rings (SSSR count). The fraction of sp³-hybridized carbons (Fsp3) is 0.0714. The number of nitrogens with two attached hydrogens (primary N) is 1. The number of hydrogen-bond donors (Lipinski definition) is 2. The molecule has 104 valence electrons. The average molecular weight is 402 g/mol. The van der Waals surface area contributed by atoms with E-state index in [4.69, 9.17) is 5.73 Å². The van der Waals surface area contributed by atoms with E-state index < -0.39 is 5.82 Å². The van der Waals surface area contributed by atoms with Gasteiger partial charge in [-0.15, -0.1) is 11.8 Å². The highest BCUT2D eigenvalue weighted by Crippen LogP contribution is 2.23. The monoisotopic (exact) mass is 402 g/mol. The molecule has 2 aromatic carbocycles. The second kappa shape index (κ2) is 6.94. The molecule has 0 aliphatic carbocycles. The van der Waals surface area contributed by atoms with Crippen molar-refractivity contribution in [3.63, 3.8) is 0 Å². The van der Waals surface area contributed by atoms with E-state index in [1.807, 2.05) is 24.3 Å². The third-order valence-corrected chi connectivity index (χ3v) is 4.42. The summed E-state index contributed by atoms with van der Waals surface area (Å²) in [5.41, 5.74) is 6.29. The zero-order valence-corrected chi connectivity index (χ0v) is 13.4. The van der Waals surface area contributed by atoms with Crippen LogP contribution in [0.15, 0.2) is 47.4 Å². The summed E-state index contributed by atoms with van der Waals surface area (Å²) in [5, 5.41) is 2.82. The molecule has 6 heteroatoms. The SMILES string of the molecule is Nc1ccc(SCC(=O)Nc2ccccc2I)cc1F. The fourth-order valence-corrected chi connectivity index (χ4v) is 2.74. The van der Waals surface area contributed by atoms with Gasteiger partial charge in [-0.1, -0.05) is 12.1 Å². The van der Waals surface area contributed by atoms with Crippen molar-refractivity contribution in [1.29, 1.82) is 0 Å². The number of hydrogen-bond acceptors (Lipinski definition) is 3. The van der Waals surface area contributed by atoms with E-state index in [9.17, 15) is 9.18 Å². The van der Waals surface area contributed by atoms with Crippen LogP contribution in [0.5, 0.6) is 0 Å². The predicted octanol–water partition coefficient (Wildman–Crippen LogP) is 3.74. The largest absolute Gasteiger partial charge is 0.396 e. The van der Waals surface area contributed by atoms with Crippen LogP contribution in [-0.4, -0.2) is 11.7 Å². The molecule has 0 fully saturated rings. The molecule has 0 aliphatic rings. The second-order valence-electron chi connectivity index (χ2n) is 4.00. The van der Waals surface area contributed by atoms with Gasteiger partial charge in [-0.25, -0.2) is 4.39 Å². The van der Waals surface area contributed by atoms with E-state index in [2.05, 4.69) is 27.9 Å². The van der Waals surface area contributed by atoms with Crippen LogP contribution in [0, 0.1) is 9.39 Å². The van der Waals surface area contributed by atoms with Crippen molar-refractivity contribution >= 4 is 51.6 Å². The number of rotatable bonds is 4. The van der Waals surface area contributed by atoms with Gasteiger partial charge in [0.1, 0.15) is 5.82 Å². The van der Waals surface area contributed by atoms with Gasteiger partial charge in [-0.05, 0) is 52.9 Å². The summed E-state index contributed by atoms with van der Waals surface area (Å²) in [4.78, 5) is 12.5. The third-order valence-electron chi connectivity index (χ3n) is 2.49. The minimum atomic E-state index is -0.465. The Hall–Kier alpha value is -1.28. The number of carbonyl (C=O) groups excluding carboxylic acids is 1. The molecular formula is C14H12FIN2OS. The summed E-state index contributed by atoms with van der Waals surface area (Å²) in [6.07, 6.45) is 0. The lowest BCUT2D eigenvalue weighted by atomic mass is 10.3. The number of benzene rings is 2. The maximum atomic E-state index is 13.3. The average Bonchev–Trinajstić information content (AvgIpc) is 2.43. The van der Waals surface area contributed by atoms with Gasteiger partial charge in [0.05, 0.1) is 17.1 Å². The number of anilines is 2. The summed E-state index contributed by atoms with van der Waals surface area (Å²) in [7, 11) is 0. The van der Waals surface area contributed by atoms with Crippen molar-refractivity contribution in [1.82, 2.24) is 0 Å². The van der Waals surface area contributed by atoms with Crippen molar-refractivity contribution in [3.8, 4) is 0 Å². The van der Waals surface area contributed by atoms with E-state index in [0.29, 0.717) is 4.90 Å². The summed E-state index contributed by atoms with van der Waals surface area (Å²) in [6.45, 7) is 0. The summed E-state index contributed by atoms with van der Waals surface area (Å²) in [5.74, 6) is -0.377. The second-order valence-corrected chi connectivity index (χ2v) is 6.21. The van der Waals surface area contributed by atoms with Crippen LogP contribution < -0.4 is 11.1 Å². The van der Waals surface area contributed by atoms with Crippen LogP contribution in [-0.2, 0) is 4.79 Å². The Bertz CT molecular complexity index is 636. The van der Waals surface area contributed by atoms with Crippen LogP contribution in [0.3, 0.4) is 0 Å². The molecule has 0 radical (unpaired) electrons. The molecule has 3 N–H and O–H groups in total. The van der Waals surface area contributed by atoms with Gasteiger partial charge < -0.3 is 11.1 Å². The molecular weight excluding hydrogens is 390 g/mol.